The molecule has 2 amide bonds. The van der Waals surface area contributed by atoms with Crippen LogP contribution < -0.4 is 20.2 Å². The Kier molecular flexibility index (Phi) is 7.31. The van der Waals surface area contributed by atoms with E-state index in [1.54, 1.807) is 48.5 Å². The first-order valence-corrected chi connectivity index (χ1v) is 9.29. The first-order chi connectivity index (χ1) is 15.0. The Labute approximate surface area is 178 Å². The highest BCUT2D eigenvalue weighted by atomic mass is 19.1. The molecule has 0 unspecified atom stereocenters. The molecule has 0 aliphatic rings. The van der Waals surface area contributed by atoms with Crippen molar-refractivity contribution < 1.29 is 23.5 Å². The van der Waals surface area contributed by atoms with E-state index in [4.69, 9.17) is 9.47 Å². The first kappa shape index (κ1) is 21.5. The lowest BCUT2D eigenvalue weighted by atomic mass is 10.2. The molecule has 3 aromatic carbocycles. The minimum Gasteiger partial charge on any atom is -0.497 e. The summed E-state index contributed by atoms with van der Waals surface area (Å²) in [6.45, 7) is -0.218. The van der Waals surface area contributed by atoms with Crippen LogP contribution in [-0.4, -0.2) is 31.7 Å². The van der Waals surface area contributed by atoms with Gasteiger partial charge in [0.1, 0.15) is 17.3 Å². The van der Waals surface area contributed by atoms with Crippen molar-refractivity contribution in [3.05, 3.63) is 89.7 Å². The fourth-order valence-corrected chi connectivity index (χ4v) is 2.56. The van der Waals surface area contributed by atoms with Gasteiger partial charge in [-0.3, -0.25) is 9.59 Å². The van der Waals surface area contributed by atoms with Crippen LogP contribution in [0.5, 0.6) is 11.5 Å². The van der Waals surface area contributed by atoms with Gasteiger partial charge < -0.3 is 14.8 Å². The molecule has 0 fully saturated rings. The average Bonchev–Trinajstić information content (AvgIpc) is 2.79. The molecule has 0 radical (unpaired) electrons. The molecule has 3 rings (SSSR count). The van der Waals surface area contributed by atoms with E-state index < -0.39 is 0 Å². The summed E-state index contributed by atoms with van der Waals surface area (Å²) in [6.07, 6.45) is 1.46. The molecule has 31 heavy (non-hydrogen) atoms. The molecule has 0 saturated carbocycles. The van der Waals surface area contributed by atoms with Gasteiger partial charge in [-0.2, -0.15) is 5.10 Å². The Morgan fingerprint density at radius 2 is 1.74 bits per heavy atom. The quantitative estimate of drug-likeness (QED) is 0.430. The number of hydrogen-bond donors (Lipinski definition) is 2. The van der Waals surface area contributed by atoms with Crippen molar-refractivity contribution in [1.29, 1.82) is 0 Å². The molecular formula is C23H20FN3O4. The molecule has 3 aromatic rings. The van der Waals surface area contributed by atoms with Gasteiger partial charge in [0.15, 0.2) is 6.61 Å². The van der Waals surface area contributed by atoms with Gasteiger partial charge >= 0.3 is 0 Å². The molecule has 0 heterocycles. The zero-order valence-corrected chi connectivity index (χ0v) is 16.7. The molecule has 7 nitrogen and oxygen atoms in total. The molecule has 0 aliphatic heterocycles. The smallest absolute Gasteiger partial charge is 0.271 e. The number of amides is 2. The summed E-state index contributed by atoms with van der Waals surface area (Å²) in [6, 6.07) is 19.0. The summed E-state index contributed by atoms with van der Waals surface area (Å²) in [5, 5.41) is 6.55. The van der Waals surface area contributed by atoms with Crippen LogP contribution in [0.4, 0.5) is 10.1 Å². The van der Waals surface area contributed by atoms with Crippen molar-refractivity contribution >= 4 is 23.7 Å². The van der Waals surface area contributed by atoms with E-state index >= 15 is 0 Å². The van der Waals surface area contributed by atoms with E-state index in [0.29, 0.717) is 28.3 Å². The zero-order valence-electron chi connectivity index (χ0n) is 16.7. The van der Waals surface area contributed by atoms with E-state index in [9.17, 15) is 14.0 Å². The van der Waals surface area contributed by atoms with Crippen LogP contribution in [-0.2, 0) is 4.79 Å². The fourth-order valence-electron chi connectivity index (χ4n) is 2.56. The number of hydrazone groups is 1. The highest BCUT2D eigenvalue weighted by Crippen LogP contribution is 2.14. The number of benzene rings is 3. The van der Waals surface area contributed by atoms with Crippen molar-refractivity contribution in [2.45, 2.75) is 0 Å². The predicted octanol–water partition coefficient (Wildman–Crippen LogP) is 3.62. The van der Waals surface area contributed by atoms with Gasteiger partial charge in [0, 0.05) is 11.3 Å². The standard InChI is InChI=1S/C23H20FN3O4/c1-30-20-6-3-5-17(13-20)23(29)27-25-14-16-4-2-7-21(12-16)31-15-22(28)26-19-10-8-18(24)9-11-19/h2-14H,15H2,1H3,(H,26,28)(H,27,29)/b25-14+. The summed E-state index contributed by atoms with van der Waals surface area (Å²) in [4.78, 5) is 24.1. The van der Waals surface area contributed by atoms with Gasteiger partial charge in [-0.1, -0.05) is 18.2 Å². The zero-order chi connectivity index (χ0) is 22.1. The summed E-state index contributed by atoms with van der Waals surface area (Å²) >= 11 is 0. The number of hydrogen-bond acceptors (Lipinski definition) is 5. The topological polar surface area (TPSA) is 89.0 Å². The molecule has 8 heteroatoms. The fraction of sp³-hybridized carbons (Fsp3) is 0.0870. The summed E-state index contributed by atoms with van der Waals surface area (Å²) < 4.78 is 23.5. The molecule has 0 aliphatic carbocycles. The van der Waals surface area contributed by atoms with Crippen LogP contribution in [0.1, 0.15) is 15.9 Å². The van der Waals surface area contributed by atoms with Crippen molar-refractivity contribution in [2.75, 3.05) is 19.0 Å². The lowest BCUT2D eigenvalue weighted by molar-refractivity contribution is -0.118. The molecule has 158 valence electrons. The first-order valence-electron chi connectivity index (χ1n) is 9.29. The van der Waals surface area contributed by atoms with Gasteiger partial charge in [0.2, 0.25) is 0 Å². The lowest BCUT2D eigenvalue weighted by Gasteiger charge is -2.08. The van der Waals surface area contributed by atoms with Crippen LogP contribution in [0.15, 0.2) is 77.9 Å². The van der Waals surface area contributed by atoms with Crippen LogP contribution >= 0.6 is 0 Å². The third-order valence-electron chi connectivity index (χ3n) is 4.07. The summed E-state index contributed by atoms with van der Waals surface area (Å²) in [5.41, 5.74) is 4.00. The highest BCUT2D eigenvalue weighted by molar-refractivity contribution is 5.95. The van der Waals surface area contributed by atoms with Gasteiger partial charge in [-0.15, -0.1) is 0 Å². The molecule has 0 saturated heterocycles. The molecule has 0 bridgehead atoms. The van der Waals surface area contributed by atoms with Gasteiger partial charge in [-0.25, -0.2) is 9.82 Å². The van der Waals surface area contributed by atoms with Crippen LogP contribution in [0.3, 0.4) is 0 Å². The maximum Gasteiger partial charge on any atom is 0.271 e. The van der Waals surface area contributed by atoms with E-state index in [1.807, 2.05) is 0 Å². The van der Waals surface area contributed by atoms with Crippen molar-refractivity contribution in [3.63, 3.8) is 0 Å². The van der Waals surface area contributed by atoms with Crippen LogP contribution in [0, 0.1) is 5.82 Å². The number of nitrogens with zero attached hydrogens (tertiary/aromatic N) is 1. The van der Waals surface area contributed by atoms with Crippen molar-refractivity contribution in [3.8, 4) is 11.5 Å². The maximum atomic E-state index is 12.9. The van der Waals surface area contributed by atoms with Gasteiger partial charge in [0.25, 0.3) is 11.8 Å². The number of nitrogens with one attached hydrogen (secondary N) is 2. The summed E-state index contributed by atoms with van der Waals surface area (Å²) in [7, 11) is 1.52. The third-order valence-corrected chi connectivity index (χ3v) is 4.07. The van der Waals surface area contributed by atoms with Crippen molar-refractivity contribution in [2.24, 2.45) is 5.10 Å². The largest absolute Gasteiger partial charge is 0.497 e. The Bertz CT molecular complexity index is 1080. The Morgan fingerprint density at radius 3 is 2.52 bits per heavy atom. The van der Waals surface area contributed by atoms with E-state index in [0.717, 1.165) is 0 Å². The maximum absolute atomic E-state index is 12.9. The number of rotatable bonds is 8. The predicted molar refractivity (Wildman–Crippen MR) is 115 cm³/mol. The normalized spacial score (nSPS) is 10.5. The van der Waals surface area contributed by atoms with Gasteiger partial charge in [-0.05, 0) is 60.2 Å². The third kappa shape index (κ3) is 6.67. The van der Waals surface area contributed by atoms with Gasteiger partial charge in [0.05, 0.1) is 13.3 Å². The Hall–Kier alpha value is -4.20. The molecular weight excluding hydrogens is 401 g/mol. The van der Waals surface area contributed by atoms with Crippen molar-refractivity contribution in [1.82, 2.24) is 5.43 Å². The number of methoxy groups -OCH3 is 1. The van der Waals surface area contributed by atoms with Crippen LogP contribution in [0.2, 0.25) is 0 Å². The number of carbonyl (C=O) groups excluding carboxylic acids is 2. The SMILES string of the molecule is COc1cccc(C(=O)N/N=C/c2cccc(OCC(=O)Nc3ccc(F)cc3)c2)c1. The second kappa shape index (κ2) is 10.5. The second-order valence-corrected chi connectivity index (χ2v) is 6.35. The van der Waals surface area contributed by atoms with Crippen LogP contribution in [0.25, 0.3) is 0 Å². The second-order valence-electron chi connectivity index (χ2n) is 6.35. The van der Waals surface area contributed by atoms with E-state index in [-0.39, 0.29) is 24.2 Å². The number of carbonyl (C=O) groups is 2. The molecule has 0 spiro atoms. The number of anilines is 1. The summed E-state index contributed by atoms with van der Waals surface area (Å²) in [5.74, 6) is -0.106. The monoisotopic (exact) mass is 421 g/mol. The van der Waals surface area contributed by atoms with E-state index in [1.165, 1.54) is 37.6 Å². The molecule has 2 N–H and O–H groups in total. The average molecular weight is 421 g/mol. The lowest BCUT2D eigenvalue weighted by Crippen LogP contribution is -2.20. The minimum atomic E-state index is -0.382. The van der Waals surface area contributed by atoms with E-state index in [2.05, 4.69) is 15.8 Å². The molecule has 0 aromatic heterocycles. The Morgan fingerprint density at radius 1 is 1.00 bits per heavy atom. The minimum absolute atomic E-state index is 0.218. The highest BCUT2D eigenvalue weighted by Gasteiger charge is 2.06. The Balaban J connectivity index is 1.51. The molecule has 0 atom stereocenters. The number of ether oxygens (including phenoxy) is 2. The number of halogens is 1.